The number of hydrogen-bond donors (Lipinski definition) is 2. The Hall–Kier alpha value is -2.03. The minimum Gasteiger partial charge on any atom is -0.338 e. The summed E-state index contributed by atoms with van der Waals surface area (Å²) in [6.45, 7) is 0.930. The molecule has 0 radical (unpaired) electrons. The van der Waals surface area contributed by atoms with E-state index in [9.17, 15) is 26.3 Å². The molecule has 2 aromatic rings. The molecular formula is C13H9F6N3. The number of aromatic nitrogens is 2. The lowest BCUT2D eigenvalue weighted by atomic mass is 10.1. The molecule has 1 aromatic carbocycles. The van der Waals surface area contributed by atoms with Gasteiger partial charge in [0.05, 0.1) is 16.6 Å². The molecule has 0 bridgehead atoms. The molecular weight excluding hydrogens is 312 g/mol. The minimum atomic E-state index is -4.92. The van der Waals surface area contributed by atoms with Gasteiger partial charge in [0.2, 0.25) is 0 Å². The van der Waals surface area contributed by atoms with Crippen molar-refractivity contribution in [3.05, 3.63) is 35.2 Å². The average Bonchev–Trinajstić information content (AvgIpc) is 3.03. The van der Waals surface area contributed by atoms with Crippen LogP contribution in [-0.2, 0) is 12.4 Å². The van der Waals surface area contributed by atoms with Crippen molar-refractivity contribution >= 4 is 16.6 Å². The Bertz CT molecular complexity index is 753. The number of nitrogens with one attached hydrogen (secondary N) is 2. The van der Waals surface area contributed by atoms with E-state index in [0.29, 0.717) is 24.7 Å². The third kappa shape index (κ3) is 2.56. The standard InChI is InChI=1S/C13H9F6N3/c14-12(15,16)7-3-8(13(17,18)19)10-9(4-7)21-11(22-10)6-1-2-20-5-6/h1,3-4,20H,2,5H2,(H,21,22). The molecule has 0 atom stereocenters. The van der Waals surface area contributed by atoms with Crippen molar-refractivity contribution in [3.63, 3.8) is 0 Å². The Balaban J connectivity index is 2.24. The normalized spacial score (nSPS) is 16.4. The third-order valence-corrected chi connectivity index (χ3v) is 3.33. The fraction of sp³-hybridized carbons (Fsp3) is 0.308. The van der Waals surface area contributed by atoms with Crippen LogP contribution in [0.3, 0.4) is 0 Å². The summed E-state index contributed by atoms with van der Waals surface area (Å²) in [4.78, 5) is 6.38. The van der Waals surface area contributed by atoms with Gasteiger partial charge in [-0.3, -0.25) is 0 Å². The zero-order chi connectivity index (χ0) is 16.1. The van der Waals surface area contributed by atoms with E-state index in [1.54, 1.807) is 6.08 Å². The smallest absolute Gasteiger partial charge is 0.338 e. The number of hydrogen-bond acceptors (Lipinski definition) is 2. The van der Waals surface area contributed by atoms with Crippen LogP contribution in [0.1, 0.15) is 17.0 Å². The van der Waals surface area contributed by atoms with Gasteiger partial charge in [-0.05, 0) is 12.1 Å². The topological polar surface area (TPSA) is 40.7 Å². The maximum absolute atomic E-state index is 13.0. The SMILES string of the molecule is FC(F)(F)c1cc(C(F)(F)F)c2nc(C3=CCNC3)[nH]c2c1. The monoisotopic (exact) mass is 321 g/mol. The van der Waals surface area contributed by atoms with Gasteiger partial charge >= 0.3 is 12.4 Å². The molecule has 0 amide bonds. The molecule has 9 heteroatoms. The third-order valence-electron chi connectivity index (χ3n) is 3.33. The Kier molecular flexibility index (Phi) is 3.20. The Morgan fingerprint density at radius 3 is 2.27 bits per heavy atom. The van der Waals surface area contributed by atoms with Crippen molar-refractivity contribution in [2.24, 2.45) is 0 Å². The predicted molar refractivity (Wildman–Crippen MR) is 66.9 cm³/mol. The summed E-state index contributed by atoms with van der Waals surface area (Å²) in [6, 6.07) is 0.734. The molecule has 0 saturated heterocycles. The van der Waals surface area contributed by atoms with Gasteiger partial charge in [0.25, 0.3) is 0 Å². The number of aromatic amines is 1. The van der Waals surface area contributed by atoms with Gasteiger partial charge in [-0.1, -0.05) is 6.08 Å². The number of H-pyrrole nitrogens is 1. The summed E-state index contributed by atoms with van der Waals surface area (Å²) < 4.78 is 77.4. The zero-order valence-corrected chi connectivity index (χ0v) is 10.9. The van der Waals surface area contributed by atoms with Gasteiger partial charge in [-0.2, -0.15) is 26.3 Å². The fourth-order valence-electron chi connectivity index (χ4n) is 2.30. The molecule has 0 aliphatic carbocycles. The van der Waals surface area contributed by atoms with E-state index in [4.69, 9.17) is 0 Å². The quantitative estimate of drug-likeness (QED) is 0.788. The van der Waals surface area contributed by atoms with E-state index >= 15 is 0 Å². The van der Waals surface area contributed by atoms with Crippen molar-refractivity contribution < 1.29 is 26.3 Å². The molecule has 1 aromatic heterocycles. The highest BCUT2D eigenvalue weighted by Gasteiger charge is 2.39. The average molecular weight is 321 g/mol. The van der Waals surface area contributed by atoms with Crippen LogP contribution < -0.4 is 5.32 Å². The molecule has 118 valence electrons. The number of fused-ring (bicyclic) bond motifs is 1. The van der Waals surface area contributed by atoms with Gasteiger partial charge < -0.3 is 10.3 Å². The van der Waals surface area contributed by atoms with E-state index in [0.717, 1.165) is 0 Å². The number of alkyl halides is 6. The second-order valence-electron chi connectivity index (χ2n) is 4.86. The summed E-state index contributed by atoms with van der Waals surface area (Å²) in [5.41, 5.74) is -2.93. The van der Waals surface area contributed by atoms with E-state index in [2.05, 4.69) is 15.3 Å². The van der Waals surface area contributed by atoms with Crippen molar-refractivity contribution in [2.75, 3.05) is 13.1 Å². The van der Waals surface area contributed by atoms with Crippen LogP contribution in [-0.4, -0.2) is 23.1 Å². The number of imidazole rings is 1. The molecule has 1 aliphatic heterocycles. The van der Waals surface area contributed by atoms with Crippen LogP contribution in [0.15, 0.2) is 18.2 Å². The van der Waals surface area contributed by atoms with Crippen molar-refractivity contribution in [1.82, 2.24) is 15.3 Å². The van der Waals surface area contributed by atoms with Crippen LogP contribution in [0.2, 0.25) is 0 Å². The van der Waals surface area contributed by atoms with Crippen LogP contribution in [0.4, 0.5) is 26.3 Å². The highest BCUT2D eigenvalue weighted by Crippen LogP contribution is 2.39. The van der Waals surface area contributed by atoms with Crippen LogP contribution in [0.25, 0.3) is 16.6 Å². The number of rotatable bonds is 1. The van der Waals surface area contributed by atoms with Crippen molar-refractivity contribution in [1.29, 1.82) is 0 Å². The second kappa shape index (κ2) is 4.73. The first-order valence-corrected chi connectivity index (χ1v) is 6.24. The molecule has 0 spiro atoms. The molecule has 3 nitrogen and oxygen atoms in total. The first-order valence-electron chi connectivity index (χ1n) is 6.24. The molecule has 0 unspecified atom stereocenters. The van der Waals surface area contributed by atoms with Gasteiger partial charge in [-0.15, -0.1) is 0 Å². The Morgan fingerprint density at radius 1 is 1.00 bits per heavy atom. The number of benzene rings is 1. The van der Waals surface area contributed by atoms with E-state index < -0.39 is 29.0 Å². The van der Waals surface area contributed by atoms with Crippen molar-refractivity contribution in [2.45, 2.75) is 12.4 Å². The Morgan fingerprint density at radius 2 is 1.73 bits per heavy atom. The molecule has 0 fully saturated rings. The number of halogens is 6. The van der Waals surface area contributed by atoms with E-state index in [-0.39, 0.29) is 17.4 Å². The molecule has 0 saturated carbocycles. The zero-order valence-electron chi connectivity index (χ0n) is 10.9. The summed E-state index contributed by atoms with van der Waals surface area (Å²) in [5, 5.41) is 2.94. The summed E-state index contributed by atoms with van der Waals surface area (Å²) in [6.07, 6.45) is -8.07. The summed E-state index contributed by atoms with van der Waals surface area (Å²) in [5.74, 6) is 0.143. The maximum Gasteiger partial charge on any atom is 0.418 e. The lowest BCUT2D eigenvalue weighted by Gasteiger charge is -2.11. The molecule has 3 rings (SSSR count). The van der Waals surface area contributed by atoms with Gasteiger partial charge in [0.1, 0.15) is 11.3 Å². The van der Waals surface area contributed by atoms with Crippen LogP contribution in [0.5, 0.6) is 0 Å². The molecule has 2 N–H and O–H groups in total. The molecule has 2 heterocycles. The first-order chi connectivity index (χ1) is 10.2. The molecule has 1 aliphatic rings. The predicted octanol–water partition coefficient (Wildman–Crippen LogP) is 3.59. The van der Waals surface area contributed by atoms with E-state index in [1.807, 2.05) is 0 Å². The minimum absolute atomic E-state index is 0.0915. The fourth-order valence-corrected chi connectivity index (χ4v) is 2.30. The first kappa shape index (κ1) is 14.9. The van der Waals surface area contributed by atoms with Gasteiger partial charge in [0, 0.05) is 18.7 Å². The van der Waals surface area contributed by atoms with Crippen LogP contribution in [0, 0.1) is 0 Å². The lowest BCUT2D eigenvalue weighted by Crippen LogP contribution is -2.11. The lowest BCUT2D eigenvalue weighted by molar-refractivity contribution is -0.142. The largest absolute Gasteiger partial charge is 0.418 e. The highest BCUT2D eigenvalue weighted by molar-refractivity contribution is 5.83. The van der Waals surface area contributed by atoms with Crippen molar-refractivity contribution in [3.8, 4) is 0 Å². The van der Waals surface area contributed by atoms with E-state index in [1.165, 1.54) is 0 Å². The Labute approximate surface area is 120 Å². The highest BCUT2D eigenvalue weighted by atomic mass is 19.4. The summed E-state index contributed by atoms with van der Waals surface area (Å²) in [7, 11) is 0. The van der Waals surface area contributed by atoms with Gasteiger partial charge in [-0.25, -0.2) is 4.98 Å². The summed E-state index contributed by atoms with van der Waals surface area (Å²) >= 11 is 0. The van der Waals surface area contributed by atoms with Crippen LogP contribution >= 0.6 is 0 Å². The number of nitrogens with zero attached hydrogens (tertiary/aromatic N) is 1. The molecule has 22 heavy (non-hydrogen) atoms. The van der Waals surface area contributed by atoms with Gasteiger partial charge in [0.15, 0.2) is 0 Å². The maximum atomic E-state index is 13.0. The second-order valence-corrected chi connectivity index (χ2v) is 4.86.